The van der Waals surface area contributed by atoms with E-state index < -0.39 is 16.2 Å². The second kappa shape index (κ2) is 10.4. The summed E-state index contributed by atoms with van der Waals surface area (Å²) >= 11 is 1.36. The van der Waals surface area contributed by atoms with Crippen LogP contribution < -0.4 is 9.46 Å². The minimum Gasteiger partial charge on any atom is -0.434 e. The lowest BCUT2D eigenvalue weighted by Gasteiger charge is -2.12. The Morgan fingerprint density at radius 1 is 1.21 bits per heavy atom. The fraction of sp³-hybridized carbons (Fsp3) is 0.227. The molecule has 11 heteroatoms. The zero-order chi connectivity index (χ0) is 24.0. The summed E-state index contributed by atoms with van der Waals surface area (Å²) in [6, 6.07) is 13.7. The van der Waals surface area contributed by atoms with E-state index in [-0.39, 0.29) is 11.5 Å². The number of nitrogens with zero attached hydrogens (tertiary/aromatic N) is 3. The topological polar surface area (TPSA) is 123 Å². The molecule has 172 valence electrons. The summed E-state index contributed by atoms with van der Waals surface area (Å²) in [5, 5.41) is 9.33. The van der Waals surface area contributed by atoms with Gasteiger partial charge in [-0.15, -0.1) is 11.8 Å². The molecule has 0 spiro atoms. The highest BCUT2D eigenvalue weighted by Crippen LogP contribution is 2.31. The lowest BCUT2D eigenvalue weighted by Crippen LogP contribution is -2.18. The van der Waals surface area contributed by atoms with E-state index in [9.17, 15) is 13.2 Å². The molecule has 0 bridgehead atoms. The Morgan fingerprint density at radius 3 is 2.55 bits per heavy atom. The first-order chi connectivity index (χ1) is 15.8. The highest BCUT2D eigenvalue weighted by atomic mass is 32.2. The lowest BCUT2D eigenvalue weighted by atomic mass is 10.0. The number of sulfonamides is 1. The number of hydrogen-bond donors (Lipinski definition) is 1. The normalized spacial score (nSPS) is 11.0. The van der Waals surface area contributed by atoms with Gasteiger partial charge in [-0.2, -0.15) is 5.26 Å². The van der Waals surface area contributed by atoms with Gasteiger partial charge in [0, 0.05) is 5.56 Å². The molecule has 0 fully saturated rings. The van der Waals surface area contributed by atoms with Crippen molar-refractivity contribution in [2.24, 2.45) is 0 Å². The minimum atomic E-state index is -3.96. The molecule has 9 nitrogen and oxygen atoms in total. The van der Waals surface area contributed by atoms with Gasteiger partial charge in [0.1, 0.15) is 5.82 Å². The maximum atomic E-state index is 12.4. The molecule has 0 atom stereocenters. The summed E-state index contributed by atoms with van der Waals surface area (Å²) < 4.78 is 38.7. The molecular weight excluding hydrogens is 464 g/mol. The number of rotatable bonds is 8. The molecule has 1 aromatic heterocycles. The van der Waals surface area contributed by atoms with Crippen molar-refractivity contribution >= 4 is 27.9 Å². The van der Waals surface area contributed by atoms with Gasteiger partial charge in [-0.1, -0.05) is 42.5 Å². The Labute approximate surface area is 196 Å². The van der Waals surface area contributed by atoms with Crippen molar-refractivity contribution in [2.45, 2.75) is 30.3 Å². The number of nitrogens with one attached hydrogen (secondary N) is 1. The molecule has 0 aliphatic rings. The van der Waals surface area contributed by atoms with E-state index in [2.05, 4.69) is 4.98 Å². The second-order valence-corrected chi connectivity index (χ2v) is 9.20. The maximum absolute atomic E-state index is 12.4. The molecule has 0 aliphatic heterocycles. The van der Waals surface area contributed by atoms with E-state index in [1.54, 1.807) is 41.8 Å². The Kier molecular flexibility index (Phi) is 7.63. The van der Waals surface area contributed by atoms with E-state index in [0.717, 1.165) is 5.56 Å². The van der Waals surface area contributed by atoms with Crippen LogP contribution >= 0.6 is 11.8 Å². The summed E-state index contributed by atoms with van der Waals surface area (Å²) in [5.74, 6) is 0.975. The molecular formula is C22H22N4O5S2. The van der Waals surface area contributed by atoms with Crippen LogP contribution in [0.25, 0.3) is 11.1 Å². The van der Waals surface area contributed by atoms with E-state index >= 15 is 0 Å². The highest BCUT2D eigenvalue weighted by Gasteiger charge is 2.21. The number of benzene rings is 2. The van der Waals surface area contributed by atoms with Crippen molar-refractivity contribution in [1.82, 2.24) is 14.3 Å². The first-order valence-corrected chi connectivity index (χ1v) is 12.6. The first-order valence-electron chi connectivity index (χ1n) is 9.85. The summed E-state index contributed by atoms with van der Waals surface area (Å²) in [6.45, 7) is 4.09. The Bertz CT molecular complexity index is 1300. The van der Waals surface area contributed by atoms with Crippen LogP contribution in [0.1, 0.15) is 18.3 Å². The number of aromatic nitrogens is 2. The van der Waals surface area contributed by atoms with Gasteiger partial charge >= 0.3 is 6.16 Å². The predicted octanol–water partition coefficient (Wildman–Crippen LogP) is 3.92. The molecule has 1 N–H and O–H groups in total. The molecule has 2 aromatic carbocycles. The fourth-order valence-corrected chi connectivity index (χ4v) is 4.70. The Morgan fingerprint density at radius 2 is 1.91 bits per heavy atom. The van der Waals surface area contributed by atoms with Gasteiger partial charge in [-0.05, 0) is 37.3 Å². The van der Waals surface area contributed by atoms with Crippen LogP contribution in [0.2, 0.25) is 0 Å². The van der Waals surface area contributed by atoms with Crippen molar-refractivity contribution in [2.75, 3.05) is 12.9 Å². The van der Waals surface area contributed by atoms with E-state index in [0.29, 0.717) is 34.4 Å². The fourth-order valence-electron chi connectivity index (χ4n) is 3.19. The number of nitriles is 1. The van der Waals surface area contributed by atoms with Crippen LogP contribution in [-0.4, -0.2) is 37.0 Å². The number of ether oxygens (including phenoxy) is 2. The Balaban J connectivity index is 1.92. The summed E-state index contributed by atoms with van der Waals surface area (Å²) in [4.78, 5) is 16.4. The predicted molar refractivity (Wildman–Crippen MR) is 123 cm³/mol. The van der Waals surface area contributed by atoms with Crippen LogP contribution in [0, 0.1) is 18.4 Å². The smallest absolute Gasteiger partial charge is 0.434 e. The lowest BCUT2D eigenvalue weighted by molar-refractivity contribution is 0.0999. The summed E-state index contributed by atoms with van der Waals surface area (Å²) in [7, 11) is -3.96. The largest absolute Gasteiger partial charge is 0.515 e. The molecule has 3 aromatic rings. The molecule has 1 heterocycles. The molecule has 0 unspecified atom stereocenters. The molecule has 0 saturated carbocycles. The molecule has 0 saturated heterocycles. The zero-order valence-electron chi connectivity index (χ0n) is 18.2. The van der Waals surface area contributed by atoms with Crippen LogP contribution in [0.5, 0.6) is 5.88 Å². The van der Waals surface area contributed by atoms with Gasteiger partial charge < -0.3 is 9.47 Å². The number of carbonyl (C=O) groups is 1. The first kappa shape index (κ1) is 24.2. The van der Waals surface area contributed by atoms with Gasteiger partial charge in [0.15, 0.2) is 11.2 Å². The van der Waals surface area contributed by atoms with Crippen molar-refractivity contribution in [3.05, 3.63) is 59.9 Å². The molecule has 0 radical (unpaired) electrons. The van der Waals surface area contributed by atoms with Gasteiger partial charge in [-0.25, -0.2) is 22.9 Å². The number of thioether (sulfide) groups is 1. The molecule has 33 heavy (non-hydrogen) atoms. The molecule has 0 amide bonds. The maximum Gasteiger partial charge on any atom is 0.515 e. The van der Waals surface area contributed by atoms with Crippen molar-refractivity contribution in [3.63, 3.8) is 0 Å². The van der Waals surface area contributed by atoms with E-state index in [1.807, 2.05) is 30.0 Å². The van der Waals surface area contributed by atoms with Crippen molar-refractivity contribution in [3.8, 4) is 23.2 Å². The number of hydrogen-bond acceptors (Lipinski definition) is 8. The van der Waals surface area contributed by atoms with Crippen molar-refractivity contribution < 1.29 is 22.7 Å². The summed E-state index contributed by atoms with van der Waals surface area (Å²) in [6.07, 6.45) is 2.51. The van der Waals surface area contributed by atoms with Gasteiger partial charge in [0.2, 0.25) is 5.88 Å². The third-order valence-electron chi connectivity index (χ3n) is 4.68. The highest BCUT2D eigenvalue weighted by molar-refractivity contribution is 7.98. The second-order valence-electron chi connectivity index (χ2n) is 6.76. The monoisotopic (exact) mass is 486 g/mol. The van der Waals surface area contributed by atoms with Gasteiger partial charge in [0.25, 0.3) is 10.0 Å². The summed E-state index contributed by atoms with van der Waals surface area (Å²) in [5.41, 5.74) is 2.03. The third-order valence-corrected chi connectivity index (χ3v) is 6.63. The minimum absolute atomic E-state index is 0.0134. The zero-order valence-corrected chi connectivity index (χ0v) is 19.9. The number of carbonyl (C=O) groups excluding carboxylic acids is 1. The van der Waals surface area contributed by atoms with Crippen LogP contribution in [0.15, 0.2) is 58.5 Å². The van der Waals surface area contributed by atoms with Gasteiger partial charge in [0.05, 0.1) is 18.0 Å². The van der Waals surface area contributed by atoms with E-state index in [1.165, 1.54) is 24.0 Å². The Hall–Kier alpha value is -3.49. The standard InChI is InChI=1S/C22H22N4O5S2/c1-4-30-22(27)31-21-20(32-3)25-15(2)26(21)13-16-9-11-17(12-10-16)18-7-5-6-8-19(18)33(28,29)24-14-23/h5-12,24H,4,13H2,1-3H3. The van der Waals surface area contributed by atoms with E-state index in [4.69, 9.17) is 14.7 Å². The average molecular weight is 487 g/mol. The number of imidazole rings is 1. The SMILES string of the molecule is CCOC(=O)Oc1c(SC)nc(C)n1Cc1ccc(-c2ccccc2S(=O)(=O)NC#N)cc1. The quantitative estimate of drug-likeness (QED) is 0.220. The molecule has 0 aliphatic carbocycles. The third kappa shape index (κ3) is 5.47. The van der Waals surface area contributed by atoms with Crippen molar-refractivity contribution in [1.29, 1.82) is 5.26 Å². The average Bonchev–Trinajstić information content (AvgIpc) is 3.08. The number of aryl methyl sites for hydroxylation is 1. The molecule has 3 rings (SSSR count). The van der Waals surface area contributed by atoms with Crippen LogP contribution in [0.3, 0.4) is 0 Å². The van der Waals surface area contributed by atoms with Gasteiger partial charge in [-0.3, -0.25) is 4.57 Å². The van der Waals surface area contributed by atoms with Crippen LogP contribution in [0.4, 0.5) is 4.79 Å². The van der Waals surface area contributed by atoms with Crippen LogP contribution in [-0.2, 0) is 21.3 Å².